The zero-order valence-corrected chi connectivity index (χ0v) is 16.8. The van der Waals surface area contributed by atoms with Crippen molar-refractivity contribution in [1.82, 2.24) is 9.88 Å². The Morgan fingerprint density at radius 3 is 3.00 bits per heavy atom. The van der Waals surface area contributed by atoms with E-state index >= 15 is 0 Å². The van der Waals surface area contributed by atoms with E-state index in [1.165, 1.54) is 40.2 Å². The Bertz CT molecular complexity index is 823. The summed E-state index contributed by atoms with van der Waals surface area (Å²) in [6, 6.07) is 6.57. The van der Waals surface area contributed by atoms with Gasteiger partial charge >= 0.3 is 0 Å². The number of aromatic nitrogens is 1. The minimum absolute atomic E-state index is 0.0336. The van der Waals surface area contributed by atoms with Crippen LogP contribution in [0.2, 0.25) is 0 Å². The van der Waals surface area contributed by atoms with Gasteiger partial charge in [-0.3, -0.25) is 9.59 Å². The summed E-state index contributed by atoms with van der Waals surface area (Å²) < 4.78 is 0. The summed E-state index contributed by atoms with van der Waals surface area (Å²) in [5.41, 5.74) is 2.89. The van der Waals surface area contributed by atoms with Crippen LogP contribution in [0.15, 0.2) is 34.7 Å². The first-order valence-electron chi connectivity index (χ1n) is 9.42. The van der Waals surface area contributed by atoms with Crippen molar-refractivity contribution in [3.8, 4) is 0 Å². The molecule has 5 nitrogen and oxygen atoms in total. The van der Waals surface area contributed by atoms with Crippen molar-refractivity contribution in [2.24, 2.45) is 5.92 Å². The fourth-order valence-corrected chi connectivity index (χ4v) is 5.18. The van der Waals surface area contributed by atoms with E-state index in [1.807, 2.05) is 10.3 Å². The van der Waals surface area contributed by atoms with Gasteiger partial charge in [-0.1, -0.05) is 6.07 Å². The highest BCUT2D eigenvalue weighted by molar-refractivity contribution is 8.00. The monoisotopic (exact) mass is 401 g/mol. The van der Waals surface area contributed by atoms with Crippen LogP contribution in [0.5, 0.6) is 0 Å². The largest absolute Gasteiger partial charge is 0.341 e. The number of hydrogen-bond donors (Lipinski definition) is 1. The molecule has 2 aliphatic rings. The van der Waals surface area contributed by atoms with Crippen LogP contribution in [0.4, 0.5) is 5.13 Å². The summed E-state index contributed by atoms with van der Waals surface area (Å²) in [4.78, 5) is 32.2. The number of hydrogen-bond acceptors (Lipinski definition) is 5. The second kappa shape index (κ2) is 8.44. The van der Waals surface area contributed by atoms with Crippen LogP contribution in [-0.2, 0) is 22.4 Å². The number of anilines is 1. The molecular formula is C20H23N3O2S2. The maximum Gasteiger partial charge on any atom is 0.232 e. The van der Waals surface area contributed by atoms with Gasteiger partial charge < -0.3 is 10.2 Å². The number of thiazole rings is 1. The summed E-state index contributed by atoms with van der Waals surface area (Å²) in [5.74, 6) is 0.358. The molecule has 7 heteroatoms. The first-order valence-corrected chi connectivity index (χ1v) is 11.3. The molecule has 0 radical (unpaired) electrons. The van der Waals surface area contributed by atoms with Gasteiger partial charge in [0.2, 0.25) is 11.8 Å². The molecule has 1 saturated heterocycles. The third kappa shape index (κ3) is 4.52. The van der Waals surface area contributed by atoms with Crippen molar-refractivity contribution >= 4 is 40.0 Å². The molecule has 2 aromatic rings. The van der Waals surface area contributed by atoms with Crippen molar-refractivity contribution in [1.29, 1.82) is 0 Å². The molecule has 0 bridgehead atoms. The van der Waals surface area contributed by atoms with Gasteiger partial charge in [0.25, 0.3) is 0 Å². The van der Waals surface area contributed by atoms with Gasteiger partial charge in [-0.2, -0.15) is 0 Å². The van der Waals surface area contributed by atoms with E-state index < -0.39 is 0 Å². The van der Waals surface area contributed by atoms with Gasteiger partial charge in [0.05, 0.1) is 11.7 Å². The van der Waals surface area contributed by atoms with Crippen LogP contribution >= 0.6 is 23.1 Å². The van der Waals surface area contributed by atoms with Gasteiger partial charge in [-0.15, -0.1) is 23.1 Å². The predicted octanol–water partition coefficient (Wildman–Crippen LogP) is 3.60. The number of rotatable bonds is 5. The van der Waals surface area contributed by atoms with E-state index in [-0.39, 0.29) is 17.7 Å². The molecule has 1 aromatic carbocycles. The number of carbonyl (C=O) groups excluding carboxylic acids is 2. The number of amides is 2. The standard InChI is InChI=1S/C20H23N3O2S2/c24-18(13-27-17-7-6-14-3-1-4-15(14)11-17)23-9-2-5-16(12-23)19(25)22-20-21-8-10-26-20/h6-8,10-11,16H,1-5,9,12-13H2,(H,21,22,25). The summed E-state index contributed by atoms with van der Waals surface area (Å²) >= 11 is 3.01. The fraction of sp³-hybridized carbons (Fsp3) is 0.450. The zero-order valence-electron chi connectivity index (χ0n) is 15.1. The van der Waals surface area contributed by atoms with Crippen molar-refractivity contribution in [3.05, 3.63) is 40.9 Å². The van der Waals surface area contributed by atoms with Crippen molar-refractivity contribution in [2.45, 2.75) is 37.0 Å². The third-order valence-electron chi connectivity index (χ3n) is 5.24. The molecule has 1 N–H and O–H groups in total. The second-order valence-electron chi connectivity index (χ2n) is 7.08. The highest BCUT2D eigenvalue weighted by Crippen LogP contribution is 2.28. The topological polar surface area (TPSA) is 62.3 Å². The van der Waals surface area contributed by atoms with Crippen LogP contribution in [-0.4, -0.2) is 40.5 Å². The Kier molecular flexibility index (Phi) is 5.78. The molecule has 0 spiro atoms. The quantitative estimate of drug-likeness (QED) is 0.778. The number of piperidine rings is 1. The second-order valence-corrected chi connectivity index (χ2v) is 9.02. The minimum atomic E-state index is -0.156. The SMILES string of the molecule is O=C(Nc1nccs1)C1CCCN(C(=O)CSc2ccc3c(c2)CCC3)C1. The lowest BCUT2D eigenvalue weighted by molar-refractivity contribution is -0.132. The summed E-state index contributed by atoms with van der Waals surface area (Å²) in [6.45, 7) is 1.24. The first-order chi connectivity index (χ1) is 13.2. The molecule has 4 rings (SSSR count). The average Bonchev–Trinajstić information content (AvgIpc) is 3.37. The molecule has 1 aliphatic carbocycles. The number of thioether (sulfide) groups is 1. The molecule has 2 amide bonds. The fourth-order valence-electron chi connectivity index (χ4n) is 3.78. The lowest BCUT2D eigenvalue weighted by Gasteiger charge is -2.31. The Morgan fingerprint density at radius 1 is 1.26 bits per heavy atom. The van der Waals surface area contributed by atoms with Gasteiger partial charge in [-0.25, -0.2) is 4.98 Å². The van der Waals surface area contributed by atoms with Crippen molar-refractivity contribution in [2.75, 3.05) is 24.2 Å². The Labute approximate surface area is 167 Å². The Hall–Kier alpha value is -1.86. The van der Waals surface area contributed by atoms with Gasteiger partial charge in [-0.05, 0) is 55.4 Å². The first kappa shape index (κ1) is 18.5. The molecule has 2 heterocycles. The number of fused-ring (bicyclic) bond motifs is 1. The zero-order chi connectivity index (χ0) is 18.6. The maximum atomic E-state index is 12.7. The average molecular weight is 402 g/mol. The normalized spacial score (nSPS) is 19.0. The number of likely N-dealkylation sites (tertiary alicyclic amines) is 1. The highest BCUT2D eigenvalue weighted by atomic mass is 32.2. The number of carbonyl (C=O) groups is 2. The molecule has 1 aliphatic heterocycles. The summed E-state index contributed by atoms with van der Waals surface area (Å²) in [7, 11) is 0. The van der Waals surface area contributed by atoms with Crippen molar-refractivity contribution < 1.29 is 9.59 Å². The van der Waals surface area contributed by atoms with Crippen LogP contribution < -0.4 is 5.32 Å². The number of benzene rings is 1. The number of nitrogens with zero attached hydrogens (tertiary/aromatic N) is 2. The summed E-state index contributed by atoms with van der Waals surface area (Å²) in [6.07, 6.45) is 6.93. The molecule has 1 atom stereocenters. The smallest absolute Gasteiger partial charge is 0.232 e. The Balaban J connectivity index is 1.30. The predicted molar refractivity (Wildman–Crippen MR) is 109 cm³/mol. The molecule has 27 heavy (non-hydrogen) atoms. The van der Waals surface area contributed by atoms with Crippen LogP contribution in [0, 0.1) is 5.92 Å². The van der Waals surface area contributed by atoms with Crippen LogP contribution in [0.1, 0.15) is 30.4 Å². The van der Waals surface area contributed by atoms with Gasteiger partial charge in [0.1, 0.15) is 0 Å². The van der Waals surface area contributed by atoms with Gasteiger partial charge in [0, 0.05) is 29.6 Å². The van der Waals surface area contributed by atoms with Crippen molar-refractivity contribution in [3.63, 3.8) is 0 Å². The van der Waals surface area contributed by atoms with Gasteiger partial charge in [0.15, 0.2) is 5.13 Å². The summed E-state index contributed by atoms with van der Waals surface area (Å²) in [5, 5.41) is 5.31. The van der Waals surface area contributed by atoms with E-state index in [4.69, 9.17) is 0 Å². The lowest BCUT2D eigenvalue weighted by atomic mass is 9.97. The lowest BCUT2D eigenvalue weighted by Crippen LogP contribution is -2.44. The molecule has 1 fully saturated rings. The third-order valence-corrected chi connectivity index (χ3v) is 6.91. The minimum Gasteiger partial charge on any atom is -0.341 e. The Morgan fingerprint density at radius 2 is 2.15 bits per heavy atom. The van der Waals surface area contributed by atoms with E-state index in [2.05, 4.69) is 28.5 Å². The van der Waals surface area contributed by atoms with E-state index in [9.17, 15) is 9.59 Å². The highest BCUT2D eigenvalue weighted by Gasteiger charge is 2.28. The van der Waals surface area contributed by atoms with E-state index in [0.29, 0.717) is 17.4 Å². The van der Waals surface area contributed by atoms with E-state index in [0.717, 1.165) is 25.8 Å². The maximum absolute atomic E-state index is 12.7. The molecule has 0 saturated carbocycles. The molecule has 1 aromatic heterocycles. The molecule has 142 valence electrons. The molecular weight excluding hydrogens is 378 g/mol. The van der Waals surface area contributed by atoms with Crippen LogP contribution in [0.25, 0.3) is 0 Å². The number of aryl methyl sites for hydroxylation is 2. The van der Waals surface area contributed by atoms with Crippen LogP contribution in [0.3, 0.4) is 0 Å². The number of nitrogens with one attached hydrogen (secondary N) is 1. The molecule has 1 unspecified atom stereocenters. The van der Waals surface area contributed by atoms with E-state index in [1.54, 1.807) is 18.0 Å².